The molecule has 6 heteroatoms. The van der Waals surface area contributed by atoms with Crippen LogP contribution in [-0.4, -0.2) is 22.5 Å². The van der Waals surface area contributed by atoms with E-state index in [9.17, 15) is 4.79 Å². The molecule has 5 rings (SSSR count). The first-order valence-electron chi connectivity index (χ1n) is 9.65. The highest BCUT2D eigenvalue weighted by Gasteiger charge is 2.17. The summed E-state index contributed by atoms with van der Waals surface area (Å²) in [6.07, 6.45) is 1.96. The number of carbonyl (C=O) groups is 1. The molecule has 0 saturated heterocycles. The molecule has 3 aromatic carbocycles. The Morgan fingerprint density at radius 3 is 2.47 bits per heavy atom. The van der Waals surface area contributed by atoms with Crippen molar-refractivity contribution in [3.8, 4) is 28.4 Å². The molecule has 1 aliphatic heterocycles. The van der Waals surface area contributed by atoms with Crippen LogP contribution in [0.25, 0.3) is 16.9 Å². The Bertz CT molecular complexity index is 1190. The third-order valence-electron chi connectivity index (χ3n) is 4.93. The molecule has 4 aromatic rings. The van der Waals surface area contributed by atoms with E-state index < -0.39 is 0 Å². The van der Waals surface area contributed by atoms with E-state index in [1.54, 1.807) is 18.2 Å². The van der Waals surface area contributed by atoms with Gasteiger partial charge in [-0.3, -0.25) is 4.79 Å². The van der Waals surface area contributed by atoms with Crippen molar-refractivity contribution in [3.63, 3.8) is 0 Å². The maximum Gasteiger partial charge on any atom is 0.251 e. The summed E-state index contributed by atoms with van der Waals surface area (Å²) in [5, 5.41) is 7.77. The molecular formula is C24H19N3O3. The van der Waals surface area contributed by atoms with Gasteiger partial charge >= 0.3 is 0 Å². The second-order valence-electron chi connectivity index (χ2n) is 6.90. The van der Waals surface area contributed by atoms with Gasteiger partial charge in [-0.05, 0) is 30.3 Å². The van der Waals surface area contributed by atoms with Crippen molar-refractivity contribution in [2.75, 3.05) is 6.79 Å². The van der Waals surface area contributed by atoms with Crippen LogP contribution in [-0.2, 0) is 6.54 Å². The average molecular weight is 397 g/mol. The van der Waals surface area contributed by atoms with Crippen molar-refractivity contribution < 1.29 is 14.3 Å². The first kappa shape index (κ1) is 18.0. The standard InChI is InChI=1S/C24H19N3O3/c28-24(18-11-12-21-22(13-18)30-16-29-21)25-14-19-15-27(20-9-5-2-6-10-20)26-23(19)17-7-3-1-4-8-17/h1-13,15H,14,16H2,(H,25,28). The zero-order valence-corrected chi connectivity index (χ0v) is 16.1. The molecule has 0 bridgehead atoms. The fourth-order valence-corrected chi connectivity index (χ4v) is 3.41. The van der Waals surface area contributed by atoms with Gasteiger partial charge in [0.25, 0.3) is 5.91 Å². The van der Waals surface area contributed by atoms with Crippen LogP contribution in [0, 0.1) is 0 Å². The van der Waals surface area contributed by atoms with Crippen molar-refractivity contribution in [2.45, 2.75) is 6.54 Å². The smallest absolute Gasteiger partial charge is 0.251 e. The fraction of sp³-hybridized carbons (Fsp3) is 0.0833. The number of hydrogen-bond acceptors (Lipinski definition) is 4. The van der Waals surface area contributed by atoms with E-state index >= 15 is 0 Å². The number of para-hydroxylation sites is 1. The summed E-state index contributed by atoms with van der Waals surface area (Å²) >= 11 is 0. The first-order chi connectivity index (χ1) is 14.8. The highest BCUT2D eigenvalue weighted by Crippen LogP contribution is 2.32. The van der Waals surface area contributed by atoms with E-state index in [0.29, 0.717) is 23.6 Å². The van der Waals surface area contributed by atoms with Crippen molar-refractivity contribution in [2.24, 2.45) is 0 Å². The van der Waals surface area contributed by atoms with Gasteiger partial charge < -0.3 is 14.8 Å². The van der Waals surface area contributed by atoms with Crippen LogP contribution in [0.2, 0.25) is 0 Å². The molecule has 0 unspecified atom stereocenters. The van der Waals surface area contributed by atoms with Gasteiger partial charge in [0.2, 0.25) is 6.79 Å². The first-order valence-corrected chi connectivity index (χ1v) is 9.65. The molecule has 0 fully saturated rings. The Morgan fingerprint density at radius 1 is 0.933 bits per heavy atom. The van der Waals surface area contributed by atoms with Crippen LogP contribution in [0.3, 0.4) is 0 Å². The van der Waals surface area contributed by atoms with Crippen molar-refractivity contribution in [3.05, 3.63) is 96.2 Å². The molecule has 0 atom stereocenters. The van der Waals surface area contributed by atoms with Crippen LogP contribution in [0.1, 0.15) is 15.9 Å². The zero-order chi connectivity index (χ0) is 20.3. The summed E-state index contributed by atoms with van der Waals surface area (Å²) in [6, 6.07) is 25.0. The minimum Gasteiger partial charge on any atom is -0.454 e. The van der Waals surface area contributed by atoms with Crippen LogP contribution < -0.4 is 14.8 Å². The Hall–Kier alpha value is -4.06. The lowest BCUT2D eigenvalue weighted by molar-refractivity contribution is 0.0950. The van der Waals surface area contributed by atoms with Gasteiger partial charge in [0.1, 0.15) is 0 Å². The molecule has 1 amide bonds. The lowest BCUT2D eigenvalue weighted by atomic mass is 10.1. The fourth-order valence-electron chi connectivity index (χ4n) is 3.41. The normalized spacial score (nSPS) is 12.0. The van der Waals surface area contributed by atoms with Crippen molar-refractivity contribution >= 4 is 5.91 Å². The third kappa shape index (κ3) is 3.51. The van der Waals surface area contributed by atoms with Crippen LogP contribution in [0.5, 0.6) is 11.5 Å². The molecule has 1 aliphatic rings. The molecule has 148 valence electrons. The van der Waals surface area contributed by atoms with Gasteiger partial charge in [-0.1, -0.05) is 48.5 Å². The minimum absolute atomic E-state index is 0.180. The van der Waals surface area contributed by atoms with Crippen LogP contribution >= 0.6 is 0 Å². The highest BCUT2D eigenvalue weighted by atomic mass is 16.7. The molecule has 0 saturated carbocycles. The molecular weight excluding hydrogens is 378 g/mol. The Labute approximate surface area is 173 Å². The summed E-state index contributed by atoms with van der Waals surface area (Å²) in [4.78, 5) is 12.7. The number of nitrogens with zero attached hydrogens (tertiary/aromatic N) is 2. The maximum atomic E-state index is 12.7. The Kier molecular flexibility index (Phi) is 4.65. The number of hydrogen-bond donors (Lipinski definition) is 1. The van der Waals surface area contributed by atoms with Gasteiger partial charge in [0.05, 0.1) is 11.4 Å². The molecule has 0 spiro atoms. The van der Waals surface area contributed by atoms with Gasteiger partial charge in [0, 0.05) is 29.4 Å². The van der Waals surface area contributed by atoms with E-state index in [4.69, 9.17) is 14.6 Å². The van der Waals surface area contributed by atoms with Gasteiger partial charge in [-0.25, -0.2) is 4.68 Å². The minimum atomic E-state index is -0.181. The second-order valence-corrected chi connectivity index (χ2v) is 6.90. The summed E-state index contributed by atoms with van der Waals surface area (Å²) < 4.78 is 12.5. The molecule has 1 aromatic heterocycles. The van der Waals surface area contributed by atoms with E-state index in [1.165, 1.54) is 0 Å². The van der Waals surface area contributed by atoms with E-state index in [2.05, 4.69) is 5.32 Å². The Balaban J connectivity index is 1.42. The predicted octanol–water partition coefficient (Wildman–Crippen LogP) is 4.20. The number of carbonyl (C=O) groups excluding carboxylic acids is 1. The summed E-state index contributed by atoms with van der Waals surface area (Å²) in [5.74, 6) is 1.06. The number of fused-ring (bicyclic) bond motifs is 1. The van der Waals surface area contributed by atoms with Gasteiger partial charge in [-0.15, -0.1) is 0 Å². The monoisotopic (exact) mass is 397 g/mol. The lowest BCUT2D eigenvalue weighted by Gasteiger charge is -2.06. The quantitative estimate of drug-likeness (QED) is 0.548. The number of amides is 1. The van der Waals surface area contributed by atoms with E-state index in [0.717, 1.165) is 22.5 Å². The average Bonchev–Trinajstić information content (AvgIpc) is 3.45. The highest BCUT2D eigenvalue weighted by molar-refractivity contribution is 5.95. The number of rotatable bonds is 5. The topological polar surface area (TPSA) is 65.4 Å². The lowest BCUT2D eigenvalue weighted by Crippen LogP contribution is -2.22. The maximum absolute atomic E-state index is 12.7. The van der Waals surface area contributed by atoms with Gasteiger partial charge in [-0.2, -0.15) is 5.10 Å². The molecule has 0 radical (unpaired) electrons. The molecule has 0 aliphatic carbocycles. The van der Waals surface area contributed by atoms with Crippen LogP contribution in [0.4, 0.5) is 0 Å². The second kappa shape index (κ2) is 7.75. The summed E-state index contributed by atoms with van der Waals surface area (Å²) in [6.45, 7) is 0.532. The molecule has 2 heterocycles. The van der Waals surface area contributed by atoms with Crippen molar-refractivity contribution in [1.82, 2.24) is 15.1 Å². The SMILES string of the molecule is O=C(NCc1cn(-c2ccccc2)nc1-c1ccccc1)c1ccc2c(c1)OCO2. The third-order valence-corrected chi connectivity index (χ3v) is 4.93. The molecule has 30 heavy (non-hydrogen) atoms. The van der Waals surface area contributed by atoms with Crippen molar-refractivity contribution in [1.29, 1.82) is 0 Å². The summed E-state index contributed by atoms with van der Waals surface area (Å²) in [7, 11) is 0. The molecule has 1 N–H and O–H groups in total. The summed E-state index contributed by atoms with van der Waals surface area (Å²) in [5.41, 5.74) is 4.25. The Morgan fingerprint density at radius 2 is 1.67 bits per heavy atom. The molecule has 6 nitrogen and oxygen atoms in total. The zero-order valence-electron chi connectivity index (χ0n) is 16.1. The largest absolute Gasteiger partial charge is 0.454 e. The van der Waals surface area contributed by atoms with E-state index in [-0.39, 0.29) is 12.7 Å². The predicted molar refractivity (Wildman–Crippen MR) is 113 cm³/mol. The van der Waals surface area contributed by atoms with Crippen LogP contribution in [0.15, 0.2) is 85.1 Å². The number of aromatic nitrogens is 2. The number of nitrogens with one attached hydrogen (secondary N) is 1. The van der Waals surface area contributed by atoms with E-state index in [1.807, 2.05) is 71.5 Å². The van der Waals surface area contributed by atoms with Gasteiger partial charge in [0.15, 0.2) is 11.5 Å². The number of benzene rings is 3. The number of ether oxygens (including phenoxy) is 2.